The Hall–Kier alpha value is -2.58. The van der Waals surface area contributed by atoms with Gasteiger partial charge in [0.15, 0.2) is 0 Å². The third-order valence-electron chi connectivity index (χ3n) is 4.28. The summed E-state index contributed by atoms with van der Waals surface area (Å²) in [5.74, 6) is 0.524. The van der Waals surface area contributed by atoms with Crippen molar-refractivity contribution in [2.75, 3.05) is 24.1 Å². The number of nitro groups is 1. The van der Waals surface area contributed by atoms with Crippen molar-refractivity contribution in [3.8, 4) is 0 Å². The van der Waals surface area contributed by atoms with Gasteiger partial charge in [-0.3, -0.25) is 14.9 Å². The largest absolute Gasteiger partial charge is 0.399 e. The number of benzene rings is 1. The molecule has 0 saturated carbocycles. The van der Waals surface area contributed by atoms with Crippen molar-refractivity contribution in [3.05, 3.63) is 57.8 Å². The third kappa shape index (κ3) is 5.21. The molecule has 1 aliphatic heterocycles. The van der Waals surface area contributed by atoms with Crippen LogP contribution in [0.4, 0.5) is 17.2 Å². The fourth-order valence-corrected chi connectivity index (χ4v) is 2.89. The molecule has 1 atom stereocenters. The second kappa shape index (κ2) is 9.38. The van der Waals surface area contributed by atoms with Crippen LogP contribution in [0.25, 0.3) is 0 Å². The highest BCUT2D eigenvalue weighted by atomic mass is 35.5. The average molecular weight is 414 g/mol. The first-order chi connectivity index (χ1) is 11.9. The summed E-state index contributed by atoms with van der Waals surface area (Å²) in [7, 11) is 0. The number of nitrogens with two attached hydrogens (primary N) is 1. The fraction of sp³-hybridized carbons (Fsp3) is 0.294. The van der Waals surface area contributed by atoms with Crippen LogP contribution in [0.3, 0.4) is 0 Å². The maximum atomic E-state index is 12.7. The predicted octanol–water partition coefficient (Wildman–Crippen LogP) is 3.05. The minimum Gasteiger partial charge on any atom is -0.399 e. The van der Waals surface area contributed by atoms with E-state index in [1.54, 1.807) is 23.1 Å². The van der Waals surface area contributed by atoms with Crippen LogP contribution in [0.2, 0.25) is 0 Å². The average Bonchev–Trinajstić information content (AvgIpc) is 3.05. The molecule has 1 aliphatic rings. The van der Waals surface area contributed by atoms with Gasteiger partial charge in [-0.25, -0.2) is 4.98 Å². The van der Waals surface area contributed by atoms with Gasteiger partial charge in [0.2, 0.25) is 0 Å². The van der Waals surface area contributed by atoms with E-state index < -0.39 is 4.92 Å². The molecule has 3 N–H and O–H groups in total. The van der Waals surface area contributed by atoms with Crippen LogP contribution in [0.15, 0.2) is 36.5 Å². The quantitative estimate of drug-likeness (QED) is 0.452. The van der Waals surface area contributed by atoms with E-state index >= 15 is 0 Å². The van der Waals surface area contributed by atoms with Crippen LogP contribution in [0.1, 0.15) is 22.3 Å². The first-order valence-electron chi connectivity index (χ1n) is 7.96. The topological polar surface area (TPSA) is 114 Å². The summed E-state index contributed by atoms with van der Waals surface area (Å²) >= 11 is 0. The number of hydrogen-bond acceptors (Lipinski definition) is 6. The van der Waals surface area contributed by atoms with Crippen molar-refractivity contribution in [2.24, 2.45) is 0 Å². The Labute approximate surface area is 169 Å². The van der Waals surface area contributed by atoms with E-state index in [1.165, 1.54) is 12.3 Å². The SMILES string of the molecule is Cc1ccc(N)cc1C(=O)N1CCC(Nc2ccc([N+](=O)[O-])cn2)C1.Cl.Cl. The standard InChI is InChI=1S/C17H19N5O3.2ClH/c1-11-2-3-12(18)8-15(11)17(23)21-7-6-13(10-21)20-16-5-4-14(9-19-16)22(24)25;;/h2-5,8-9,13H,6-7,10,18H2,1H3,(H,19,20);2*1H. The van der Waals surface area contributed by atoms with Crippen LogP contribution in [0.5, 0.6) is 0 Å². The zero-order valence-electron chi connectivity index (χ0n) is 14.6. The number of pyridine rings is 1. The lowest BCUT2D eigenvalue weighted by Crippen LogP contribution is -2.32. The van der Waals surface area contributed by atoms with E-state index in [9.17, 15) is 14.9 Å². The summed E-state index contributed by atoms with van der Waals surface area (Å²) in [5.41, 5.74) is 7.82. The molecular formula is C17H21Cl2N5O3. The molecule has 2 heterocycles. The van der Waals surface area contributed by atoms with Crippen molar-refractivity contribution >= 4 is 47.9 Å². The number of nitrogen functional groups attached to an aromatic ring is 1. The zero-order valence-corrected chi connectivity index (χ0v) is 16.3. The molecule has 1 amide bonds. The minimum absolute atomic E-state index is 0. The first-order valence-corrected chi connectivity index (χ1v) is 7.96. The predicted molar refractivity (Wildman–Crippen MR) is 109 cm³/mol. The number of anilines is 2. The van der Waals surface area contributed by atoms with Gasteiger partial charge in [-0.1, -0.05) is 6.07 Å². The monoisotopic (exact) mass is 413 g/mol. The molecular weight excluding hydrogens is 393 g/mol. The van der Waals surface area contributed by atoms with E-state index in [1.807, 2.05) is 13.0 Å². The number of carbonyl (C=O) groups is 1. The summed E-state index contributed by atoms with van der Waals surface area (Å²) < 4.78 is 0. The molecule has 0 aliphatic carbocycles. The number of hydrogen-bond donors (Lipinski definition) is 2. The van der Waals surface area contributed by atoms with Gasteiger partial charge in [0, 0.05) is 36.4 Å². The van der Waals surface area contributed by atoms with Crippen LogP contribution in [-0.4, -0.2) is 39.8 Å². The third-order valence-corrected chi connectivity index (χ3v) is 4.28. The van der Waals surface area contributed by atoms with E-state index in [4.69, 9.17) is 5.73 Å². The molecule has 1 unspecified atom stereocenters. The summed E-state index contributed by atoms with van der Waals surface area (Å²) in [6.07, 6.45) is 2.00. The van der Waals surface area contributed by atoms with Gasteiger partial charge in [0.25, 0.3) is 11.6 Å². The second-order valence-corrected chi connectivity index (χ2v) is 6.11. The lowest BCUT2D eigenvalue weighted by atomic mass is 10.1. The van der Waals surface area contributed by atoms with Gasteiger partial charge in [0.1, 0.15) is 12.0 Å². The highest BCUT2D eigenvalue weighted by molar-refractivity contribution is 5.96. The molecule has 0 bridgehead atoms. The summed E-state index contributed by atoms with van der Waals surface area (Å²) in [6.45, 7) is 3.07. The molecule has 1 fully saturated rings. The second-order valence-electron chi connectivity index (χ2n) is 6.11. The molecule has 1 saturated heterocycles. The van der Waals surface area contributed by atoms with Crippen LogP contribution >= 0.6 is 24.8 Å². The Morgan fingerprint density at radius 3 is 2.70 bits per heavy atom. The number of likely N-dealkylation sites (tertiary alicyclic amines) is 1. The Morgan fingerprint density at radius 2 is 2.07 bits per heavy atom. The Morgan fingerprint density at radius 1 is 1.33 bits per heavy atom. The van der Waals surface area contributed by atoms with E-state index in [0.717, 1.165) is 12.0 Å². The van der Waals surface area contributed by atoms with Gasteiger partial charge in [0.05, 0.1) is 4.92 Å². The van der Waals surface area contributed by atoms with Crippen molar-refractivity contribution in [2.45, 2.75) is 19.4 Å². The highest BCUT2D eigenvalue weighted by Crippen LogP contribution is 2.21. The first kappa shape index (κ1) is 22.5. The summed E-state index contributed by atoms with van der Waals surface area (Å²) in [6, 6.07) is 8.36. The van der Waals surface area contributed by atoms with Gasteiger partial charge < -0.3 is 16.0 Å². The zero-order chi connectivity index (χ0) is 18.0. The minimum atomic E-state index is -0.485. The molecule has 8 nitrogen and oxygen atoms in total. The van der Waals surface area contributed by atoms with Gasteiger partial charge in [-0.05, 0) is 37.1 Å². The number of aromatic nitrogens is 1. The molecule has 2 aromatic rings. The molecule has 10 heteroatoms. The summed E-state index contributed by atoms with van der Waals surface area (Å²) in [4.78, 5) is 28.7. The van der Waals surface area contributed by atoms with Crippen molar-refractivity contribution < 1.29 is 9.72 Å². The maximum Gasteiger partial charge on any atom is 0.287 e. The molecule has 3 rings (SSSR count). The number of nitrogens with zero attached hydrogens (tertiary/aromatic N) is 3. The Balaban J connectivity index is 0.00000182. The smallest absolute Gasteiger partial charge is 0.287 e. The van der Waals surface area contributed by atoms with Gasteiger partial charge in [-0.2, -0.15) is 0 Å². The van der Waals surface area contributed by atoms with E-state index in [2.05, 4.69) is 10.3 Å². The van der Waals surface area contributed by atoms with Crippen LogP contribution in [-0.2, 0) is 0 Å². The molecule has 1 aromatic heterocycles. The van der Waals surface area contributed by atoms with Crippen LogP contribution in [0, 0.1) is 17.0 Å². The van der Waals surface area contributed by atoms with Crippen molar-refractivity contribution in [1.82, 2.24) is 9.88 Å². The molecule has 1 aromatic carbocycles. The lowest BCUT2D eigenvalue weighted by molar-refractivity contribution is -0.385. The van der Waals surface area contributed by atoms with E-state index in [0.29, 0.717) is 30.2 Å². The Bertz CT molecular complexity index is 817. The molecule has 0 radical (unpaired) electrons. The van der Waals surface area contributed by atoms with Crippen LogP contribution < -0.4 is 11.1 Å². The number of carbonyl (C=O) groups excluding carboxylic acids is 1. The number of rotatable bonds is 4. The molecule has 27 heavy (non-hydrogen) atoms. The summed E-state index contributed by atoms with van der Waals surface area (Å²) in [5, 5.41) is 13.9. The van der Waals surface area contributed by atoms with Gasteiger partial charge in [-0.15, -0.1) is 24.8 Å². The highest BCUT2D eigenvalue weighted by Gasteiger charge is 2.28. The Kier molecular flexibility index (Phi) is 7.81. The fourth-order valence-electron chi connectivity index (χ4n) is 2.89. The number of nitrogens with one attached hydrogen (secondary N) is 1. The number of halogens is 2. The number of aryl methyl sites for hydroxylation is 1. The van der Waals surface area contributed by atoms with E-state index in [-0.39, 0.29) is 42.5 Å². The maximum absolute atomic E-state index is 12.7. The van der Waals surface area contributed by atoms with Crippen molar-refractivity contribution in [3.63, 3.8) is 0 Å². The normalized spacial score (nSPS) is 15.4. The molecule has 0 spiro atoms. The van der Waals surface area contributed by atoms with Gasteiger partial charge >= 0.3 is 0 Å². The lowest BCUT2D eigenvalue weighted by Gasteiger charge is -2.18. The molecule has 146 valence electrons. The number of amides is 1. The van der Waals surface area contributed by atoms with Crippen molar-refractivity contribution in [1.29, 1.82) is 0 Å².